The standard InChI is InChI=1S/C24H18N4O4S2/c29-34(30,31)28-20-12-11-18(26-24-25-14-22(32-24)16-7-3-1-4-8-16)13-19(20)21-15-33-23(27-21)17-9-5-2-6-10-17/h1-15,28H,(H,25,26)(H,29,30,31). The second-order valence-corrected chi connectivity index (χ2v) is 9.27. The molecule has 0 aliphatic carbocycles. The van der Waals surface area contributed by atoms with E-state index in [4.69, 9.17) is 4.42 Å². The molecular formula is C24H18N4O4S2. The van der Waals surface area contributed by atoms with Crippen molar-refractivity contribution < 1.29 is 17.4 Å². The molecule has 3 aromatic carbocycles. The molecule has 0 radical (unpaired) electrons. The first-order valence-electron chi connectivity index (χ1n) is 10.1. The van der Waals surface area contributed by atoms with Gasteiger partial charge in [0.2, 0.25) is 0 Å². The second-order valence-electron chi connectivity index (χ2n) is 7.26. The van der Waals surface area contributed by atoms with E-state index in [1.165, 1.54) is 17.4 Å². The maximum atomic E-state index is 11.5. The highest BCUT2D eigenvalue weighted by molar-refractivity contribution is 7.87. The summed E-state index contributed by atoms with van der Waals surface area (Å²) < 4.78 is 40.3. The van der Waals surface area contributed by atoms with Gasteiger partial charge in [-0.2, -0.15) is 8.42 Å². The predicted molar refractivity (Wildman–Crippen MR) is 133 cm³/mol. The van der Waals surface area contributed by atoms with Crippen molar-refractivity contribution in [2.45, 2.75) is 0 Å². The summed E-state index contributed by atoms with van der Waals surface area (Å²) in [6, 6.07) is 24.4. The van der Waals surface area contributed by atoms with E-state index in [1.807, 2.05) is 66.0 Å². The van der Waals surface area contributed by atoms with Crippen molar-refractivity contribution in [2.24, 2.45) is 0 Å². The highest BCUT2D eigenvalue weighted by Crippen LogP contribution is 2.36. The van der Waals surface area contributed by atoms with E-state index in [0.29, 0.717) is 22.7 Å². The van der Waals surface area contributed by atoms with Crippen LogP contribution in [-0.2, 0) is 10.3 Å². The number of nitrogens with zero attached hydrogens (tertiary/aromatic N) is 2. The first kappa shape index (κ1) is 21.8. The molecule has 34 heavy (non-hydrogen) atoms. The molecule has 0 spiro atoms. The van der Waals surface area contributed by atoms with Crippen molar-refractivity contribution in [2.75, 3.05) is 10.0 Å². The minimum atomic E-state index is -4.48. The molecule has 2 heterocycles. The van der Waals surface area contributed by atoms with E-state index < -0.39 is 10.3 Å². The zero-order valence-electron chi connectivity index (χ0n) is 17.5. The van der Waals surface area contributed by atoms with Gasteiger partial charge in [0.1, 0.15) is 5.01 Å². The summed E-state index contributed by atoms with van der Waals surface area (Å²) in [7, 11) is -4.48. The summed E-state index contributed by atoms with van der Waals surface area (Å²) in [4.78, 5) is 8.94. The van der Waals surface area contributed by atoms with Crippen LogP contribution in [0.4, 0.5) is 17.4 Å². The average Bonchev–Trinajstić information content (AvgIpc) is 3.51. The smallest absolute Gasteiger partial charge is 0.357 e. The highest BCUT2D eigenvalue weighted by Gasteiger charge is 2.16. The number of anilines is 3. The van der Waals surface area contributed by atoms with Crippen LogP contribution in [0.2, 0.25) is 0 Å². The predicted octanol–water partition coefficient (Wildman–Crippen LogP) is 6.09. The number of nitrogens with one attached hydrogen (secondary N) is 2. The number of thiazole rings is 1. The SMILES string of the molecule is O=S(=O)(O)Nc1ccc(Nc2ncc(-c3ccccc3)o2)cc1-c1csc(-c2ccccc2)n1. The second kappa shape index (κ2) is 9.10. The Kier molecular flexibility index (Phi) is 5.84. The highest BCUT2D eigenvalue weighted by atomic mass is 32.2. The van der Waals surface area contributed by atoms with Gasteiger partial charge in [-0.15, -0.1) is 11.3 Å². The number of oxazole rings is 1. The largest absolute Gasteiger partial charge is 0.423 e. The van der Waals surface area contributed by atoms with E-state index in [9.17, 15) is 13.0 Å². The molecule has 8 nitrogen and oxygen atoms in total. The van der Waals surface area contributed by atoms with Crippen LogP contribution < -0.4 is 10.0 Å². The van der Waals surface area contributed by atoms with Gasteiger partial charge in [0.15, 0.2) is 5.76 Å². The first-order valence-corrected chi connectivity index (χ1v) is 12.5. The van der Waals surface area contributed by atoms with E-state index in [0.717, 1.165) is 16.1 Å². The Morgan fingerprint density at radius 2 is 1.62 bits per heavy atom. The summed E-state index contributed by atoms with van der Waals surface area (Å²) in [6.45, 7) is 0. The summed E-state index contributed by atoms with van der Waals surface area (Å²) in [6.07, 6.45) is 1.62. The molecule has 0 amide bonds. The van der Waals surface area contributed by atoms with Crippen molar-refractivity contribution in [3.8, 4) is 33.2 Å². The normalized spacial score (nSPS) is 11.3. The van der Waals surface area contributed by atoms with Crippen LogP contribution in [0.5, 0.6) is 0 Å². The third-order valence-electron chi connectivity index (χ3n) is 4.87. The van der Waals surface area contributed by atoms with Crippen LogP contribution in [-0.4, -0.2) is 22.9 Å². The van der Waals surface area contributed by atoms with E-state index in [-0.39, 0.29) is 11.7 Å². The zero-order chi connectivity index (χ0) is 23.5. The molecule has 0 saturated carbocycles. The van der Waals surface area contributed by atoms with Crippen LogP contribution in [0.25, 0.3) is 33.2 Å². The summed E-state index contributed by atoms with van der Waals surface area (Å²) in [5, 5.41) is 5.70. The van der Waals surface area contributed by atoms with E-state index >= 15 is 0 Å². The van der Waals surface area contributed by atoms with Gasteiger partial charge >= 0.3 is 10.3 Å². The Balaban J connectivity index is 1.48. The van der Waals surface area contributed by atoms with Crippen molar-refractivity contribution in [1.82, 2.24) is 9.97 Å². The molecule has 0 unspecified atom stereocenters. The molecule has 10 heteroatoms. The topological polar surface area (TPSA) is 117 Å². The Hall–Kier alpha value is -3.99. The molecule has 5 aromatic rings. The van der Waals surface area contributed by atoms with Crippen molar-refractivity contribution in [3.63, 3.8) is 0 Å². The van der Waals surface area contributed by atoms with Gasteiger partial charge < -0.3 is 9.73 Å². The Labute approximate surface area is 199 Å². The van der Waals surface area contributed by atoms with Gasteiger partial charge in [0.05, 0.1) is 17.6 Å². The minimum Gasteiger partial charge on any atom is -0.423 e. The lowest BCUT2D eigenvalue weighted by Gasteiger charge is -2.11. The van der Waals surface area contributed by atoms with Gasteiger partial charge in [-0.1, -0.05) is 60.7 Å². The van der Waals surface area contributed by atoms with E-state index in [1.54, 1.807) is 18.3 Å². The molecule has 0 bridgehead atoms. The number of aromatic nitrogens is 2. The third-order valence-corrected chi connectivity index (χ3v) is 6.24. The van der Waals surface area contributed by atoms with Crippen molar-refractivity contribution in [1.29, 1.82) is 0 Å². The molecule has 0 saturated heterocycles. The monoisotopic (exact) mass is 490 g/mol. The van der Waals surface area contributed by atoms with Gasteiger partial charge in [0.25, 0.3) is 6.01 Å². The fraction of sp³-hybridized carbons (Fsp3) is 0. The van der Waals surface area contributed by atoms with Gasteiger partial charge in [-0.3, -0.25) is 9.27 Å². The Morgan fingerprint density at radius 3 is 2.32 bits per heavy atom. The lowest BCUT2D eigenvalue weighted by molar-refractivity contribution is 0.489. The lowest BCUT2D eigenvalue weighted by Crippen LogP contribution is -2.11. The minimum absolute atomic E-state index is 0.190. The Morgan fingerprint density at radius 1 is 0.912 bits per heavy atom. The van der Waals surface area contributed by atoms with Crippen LogP contribution in [0.15, 0.2) is 94.9 Å². The average molecular weight is 491 g/mol. The molecule has 2 aromatic heterocycles. The quantitative estimate of drug-likeness (QED) is 0.236. The maximum absolute atomic E-state index is 11.5. The summed E-state index contributed by atoms with van der Waals surface area (Å²) in [5.74, 6) is 0.611. The summed E-state index contributed by atoms with van der Waals surface area (Å²) in [5.41, 5.74) is 3.67. The number of rotatable bonds is 7. The first-order chi connectivity index (χ1) is 16.4. The van der Waals surface area contributed by atoms with Crippen LogP contribution in [0.1, 0.15) is 0 Å². The molecule has 0 atom stereocenters. The molecule has 0 aliphatic rings. The molecule has 5 rings (SSSR count). The maximum Gasteiger partial charge on any atom is 0.357 e. The van der Waals surface area contributed by atoms with Crippen LogP contribution >= 0.6 is 11.3 Å². The summed E-state index contributed by atoms with van der Waals surface area (Å²) >= 11 is 1.43. The lowest BCUT2D eigenvalue weighted by atomic mass is 10.1. The van der Waals surface area contributed by atoms with E-state index in [2.05, 4.69) is 20.0 Å². The van der Waals surface area contributed by atoms with Gasteiger partial charge in [0, 0.05) is 27.8 Å². The molecule has 0 fully saturated rings. The van der Waals surface area contributed by atoms with Crippen molar-refractivity contribution in [3.05, 3.63) is 90.4 Å². The third kappa shape index (κ3) is 4.99. The number of hydrogen-bond donors (Lipinski definition) is 3. The number of benzene rings is 3. The van der Waals surface area contributed by atoms with Gasteiger partial charge in [-0.25, -0.2) is 9.97 Å². The molecule has 170 valence electrons. The fourth-order valence-electron chi connectivity index (χ4n) is 3.36. The molecule has 3 N–H and O–H groups in total. The number of hydrogen-bond acceptors (Lipinski definition) is 7. The van der Waals surface area contributed by atoms with Gasteiger partial charge in [-0.05, 0) is 18.2 Å². The fourth-order valence-corrected chi connectivity index (χ4v) is 4.65. The zero-order valence-corrected chi connectivity index (χ0v) is 19.2. The Bertz CT molecular complexity index is 1530. The van der Waals surface area contributed by atoms with Crippen LogP contribution in [0.3, 0.4) is 0 Å². The molecule has 0 aliphatic heterocycles. The molecular weight excluding hydrogens is 472 g/mol. The van der Waals surface area contributed by atoms with Crippen LogP contribution in [0, 0.1) is 0 Å². The van der Waals surface area contributed by atoms with Crippen molar-refractivity contribution >= 4 is 39.0 Å².